The van der Waals surface area contributed by atoms with Gasteiger partial charge in [0.25, 0.3) is 0 Å². The van der Waals surface area contributed by atoms with Crippen molar-refractivity contribution >= 4 is 18.0 Å². The Labute approximate surface area is 112 Å². The Bertz CT molecular complexity index is 336. The van der Waals surface area contributed by atoms with E-state index in [1.54, 1.807) is 6.92 Å². The molecule has 2 amide bonds. The van der Waals surface area contributed by atoms with Gasteiger partial charge in [-0.25, -0.2) is 4.79 Å². The van der Waals surface area contributed by atoms with Gasteiger partial charge in [-0.1, -0.05) is 20.8 Å². The molecule has 0 saturated heterocycles. The summed E-state index contributed by atoms with van der Waals surface area (Å²) in [5.74, 6) is -1.53. The van der Waals surface area contributed by atoms with Gasteiger partial charge in [-0.3, -0.25) is 9.59 Å². The number of carboxylic acids is 1. The molecule has 0 saturated carbocycles. The maximum absolute atomic E-state index is 11.6. The van der Waals surface area contributed by atoms with Gasteiger partial charge in [0.05, 0.1) is 13.0 Å². The van der Waals surface area contributed by atoms with E-state index in [1.165, 1.54) is 0 Å². The molecule has 1 unspecified atom stereocenters. The number of urea groups is 1. The molecular weight excluding hydrogens is 252 g/mol. The number of carbonyl (C=O) groups excluding carboxylic acids is 2. The van der Waals surface area contributed by atoms with Crippen molar-refractivity contribution < 1.29 is 24.2 Å². The zero-order chi connectivity index (χ0) is 15.1. The summed E-state index contributed by atoms with van der Waals surface area (Å²) in [6.45, 7) is 7.14. The highest BCUT2D eigenvalue weighted by Crippen LogP contribution is 2.21. The molecule has 7 nitrogen and oxygen atoms in total. The highest BCUT2D eigenvalue weighted by atomic mass is 16.5. The van der Waals surface area contributed by atoms with E-state index < -0.39 is 29.4 Å². The summed E-state index contributed by atoms with van der Waals surface area (Å²) in [6, 6.07) is -1.12. The summed E-state index contributed by atoms with van der Waals surface area (Å²) in [6.07, 6.45) is -0.184. The lowest BCUT2D eigenvalue weighted by molar-refractivity contribution is -0.142. The Morgan fingerprint density at radius 1 is 1.26 bits per heavy atom. The normalized spacial score (nSPS) is 12.4. The van der Waals surface area contributed by atoms with Crippen LogP contribution in [-0.2, 0) is 14.3 Å². The van der Waals surface area contributed by atoms with Crippen LogP contribution in [0.25, 0.3) is 0 Å². The van der Waals surface area contributed by atoms with Crippen LogP contribution in [-0.4, -0.2) is 42.3 Å². The number of hydrogen-bond acceptors (Lipinski definition) is 4. The van der Waals surface area contributed by atoms with Crippen LogP contribution in [0.4, 0.5) is 4.79 Å². The minimum absolute atomic E-state index is 0.184. The van der Waals surface area contributed by atoms with E-state index in [4.69, 9.17) is 5.11 Å². The first-order valence-electron chi connectivity index (χ1n) is 6.08. The predicted octanol–water partition coefficient (Wildman–Crippen LogP) is 0.738. The molecular formula is C12H22N2O5. The minimum atomic E-state index is -0.995. The van der Waals surface area contributed by atoms with Gasteiger partial charge in [0, 0.05) is 6.04 Å². The third kappa shape index (κ3) is 8.01. The molecule has 1 atom stereocenters. The maximum atomic E-state index is 11.6. The van der Waals surface area contributed by atoms with E-state index in [1.807, 2.05) is 20.8 Å². The molecule has 0 aliphatic heterocycles. The third-order valence-corrected chi connectivity index (χ3v) is 2.43. The van der Waals surface area contributed by atoms with Crippen LogP contribution in [0.1, 0.15) is 34.1 Å². The van der Waals surface area contributed by atoms with Gasteiger partial charge < -0.3 is 20.5 Å². The van der Waals surface area contributed by atoms with Crippen molar-refractivity contribution in [2.45, 2.75) is 40.2 Å². The zero-order valence-corrected chi connectivity index (χ0v) is 11.8. The van der Waals surface area contributed by atoms with Crippen LogP contribution < -0.4 is 10.6 Å². The number of nitrogens with one attached hydrogen (secondary N) is 2. The molecule has 7 heteroatoms. The smallest absolute Gasteiger partial charge is 0.325 e. The Hall–Kier alpha value is -1.79. The largest absolute Gasteiger partial charge is 0.481 e. The lowest BCUT2D eigenvalue weighted by Gasteiger charge is -2.30. The average Bonchev–Trinajstić information content (AvgIpc) is 2.24. The molecule has 0 aromatic heterocycles. The second-order valence-electron chi connectivity index (χ2n) is 5.15. The number of carboxylic acid groups (broad SMARTS) is 1. The summed E-state index contributed by atoms with van der Waals surface area (Å²) in [5, 5.41) is 13.7. The van der Waals surface area contributed by atoms with Crippen LogP contribution in [0.5, 0.6) is 0 Å². The maximum Gasteiger partial charge on any atom is 0.325 e. The Morgan fingerprint density at radius 2 is 1.84 bits per heavy atom. The highest BCUT2D eigenvalue weighted by Gasteiger charge is 2.28. The lowest BCUT2D eigenvalue weighted by atomic mass is 9.85. The topological polar surface area (TPSA) is 105 Å². The predicted molar refractivity (Wildman–Crippen MR) is 68.7 cm³/mol. The van der Waals surface area contributed by atoms with Crippen LogP contribution in [0.3, 0.4) is 0 Å². The molecule has 19 heavy (non-hydrogen) atoms. The summed E-state index contributed by atoms with van der Waals surface area (Å²) < 4.78 is 4.65. The molecule has 0 fully saturated rings. The van der Waals surface area contributed by atoms with Crippen LogP contribution in [0.15, 0.2) is 0 Å². The molecule has 0 bridgehead atoms. The first-order valence-corrected chi connectivity index (χ1v) is 6.08. The first kappa shape index (κ1) is 17.2. The van der Waals surface area contributed by atoms with Crippen LogP contribution in [0.2, 0.25) is 0 Å². The molecule has 0 rings (SSSR count). The molecule has 0 heterocycles. The number of carbonyl (C=O) groups is 3. The third-order valence-electron chi connectivity index (χ3n) is 2.43. The fourth-order valence-corrected chi connectivity index (χ4v) is 1.32. The molecule has 0 spiro atoms. The number of amides is 2. The number of ether oxygens (including phenoxy) is 1. The van der Waals surface area contributed by atoms with E-state index >= 15 is 0 Å². The Kier molecular flexibility index (Phi) is 6.89. The van der Waals surface area contributed by atoms with Crippen LogP contribution in [0, 0.1) is 5.41 Å². The molecule has 0 radical (unpaired) electrons. The van der Waals surface area contributed by atoms with Crippen molar-refractivity contribution in [1.29, 1.82) is 0 Å². The highest BCUT2D eigenvalue weighted by molar-refractivity contribution is 5.81. The van der Waals surface area contributed by atoms with Gasteiger partial charge in [-0.15, -0.1) is 0 Å². The summed E-state index contributed by atoms with van der Waals surface area (Å²) in [4.78, 5) is 33.4. The lowest BCUT2D eigenvalue weighted by Crippen LogP contribution is -2.49. The fourth-order valence-electron chi connectivity index (χ4n) is 1.32. The minimum Gasteiger partial charge on any atom is -0.481 e. The second kappa shape index (κ2) is 7.60. The monoisotopic (exact) mass is 274 g/mol. The first-order chi connectivity index (χ1) is 8.66. The summed E-state index contributed by atoms with van der Waals surface area (Å²) >= 11 is 0. The molecule has 110 valence electrons. The molecule has 3 N–H and O–H groups in total. The number of rotatable bonds is 6. The van der Waals surface area contributed by atoms with Crippen molar-refractivity contribution in [3.63, 3.8) is 0 Å². The average molecular weight is 274 g/mol. The summed E-state index contributed by atoms with van der Waals surface area (Å²) in [5.41, 5.74) is -0.403. The Morgan fingerprint density at radius 3 is 2.26 bits per heavy atom. The van der Waals surface area contributed by atoms with Crippen molar-refractivity contribution in [3.05, 3.63) is 0 Å². The van der Waals surface area contributed by atoms with E-state index in [9.17, 15) is 14.4 Å². The number of esters is 1. The van der Waals surface area contributed by atoms with Crippen molar-refractivity contribution in [2.75, 3.05) is 13.2 Å². The van der Waals surface area contributed by atoms with Crippen LogP contribution >= 0.6 is 0 Å². The van der Waals surface area contributed by atoms with Gasteiger partial charge in [-0.05, 0) is 12.3 Å². The van der Waals surface area contributed by atoms with E-state index in [0.29, 0.717) is 0 Å². The van der Waals surface area contributed by atoms with Crippen molar-refractivity contribution in [3.8, 4) is 0 Å². The van der Waals surface area contributed by atoms with Gasteiger partial charge in [0.2, 0.25) is 0 Å². The number of aliphatic carboxylic acids is 1. The van der Waals surface area contributed by atoms with E-state index in [2.05, 4.69) is 15.4 Å². The second-order valence-corrected chi connectivity index (χ2v) is 5.15. The van der Waals surface area contributed by atoms with Gasteiger partial charge in [0.15, 0.2) is 0 Å². The number of hydrogen-bond donors (Lipinski definition) is 3. The molecule has 0 aromatic carbocycles. The van der Waals surface area contributed by atoms with Gasteiger partial charge in [0.1, 0.15) is 6.54 Å². The quantitative estimate of drug-likeness (QED) is 0.619. The Balaban J connectivity index is 4.32. The van der Waals surface area contributed by atoms with E-state index in [0.717, 1.165) is 0 Å². The van der Waals surface area contributed by atoms with Crippen molar-refractivity contribution in [1.82, 2.24) is 10.6 Å². The van der Waals surface area contributed by atoms with Gasteiger partial charge >= 0.3 is 18.0 Å². The SMILES string of the molecule is CCOC(=O)CNC(=O)NC(CC(=O)O)C(C)(C)C. The molecule has 0 aliphatic carbocycles. The fraction of sp³-hybridized carbons (Fsp3) is 0.750. The molecule has 0 aromatic rings. The summed E-state index contributed by atoms with van der Waals surface area (Å²) in [7, 11) is 0. The van der Waals surface area contributed by atoms with Crippen molar-refractivity contribution in [2.24, 2.45) is 5.41 Å². The zero-order valence-electron chi connectivity index (χ0n) is 11.8. The van der Waals surface area contributed by atoms with Gasteiger partial charge in [-0.2, -0.15) is 0 Å². The standard InChI is InChI=1S/C12H22N2O5/c1-5-19-10(17)7-13-11(18)14-8(6-9(15)16)12(2,3)4/h8H,5-7H2,1-4H3,(H,15,16)(H2,13,14,18). The van der Waals surface area contributed by atoms with E-state index in [-0.39, 0.29) is 19.6 Å². The molecule has 0 aliphatic rings.